The Labute approximate surface area is 76.4 Å². The minimum absolute atomic E-state index is 0.355. The molecule has 0 saturated carbocycles. The highest BCUT2D eigenvalue weighted by atomic mass is 16.9. The van der Waals surface area contributed by atoms with Crippen molar-refractivity contribution in [3.63, 3.8) is 0 Å². The fourth-order valence-corrected chi connectivity index (χ4v) is 0.775. The van der Waals surface area contributed by atoms with Crippen LogP contribution >= 0.6 is 0 Å². The molecule has 0 aliphatic carbocycles. The van der Waals surface area contributed by atoms with Gasteiger partial charge in [-0.05, 0) is 11.2 Å². The predicted molar refractivity (Wildman–Crippen MR) is 46.1 cm³/mol. The summed E-state index contributed by atoms with van der Waals surface area (Å²) in [5.74, 6) is -0.437. The van der Waals surface area contributed by atoms with Crippen LogP contribution in [0.3, 0.4) is 0 Å². The Morgan fingerprint density at radius 1 is 1.38 bits per heavy atom. The first-order chi connectivity index (χ1) is 6.29. The number of benzene rings is 1. The molecule has 0 fully saturated rings. The molecule has 4 heteroatoms. The van der Waals surface area contributed by atoms with Crippen molar-refractivity contribution in [1.82, 2.24) is 5.64 Å². The van der Waals surface area contributed by atoms with Crippen molar-refractivity contribution in [2.45, 2.75) is 13.5 Å². The van der Waals surface area contributed by atoms with Crippen LogP contribution in [0.15, 0.2) is 30.3 Å². The molecule has 70 valence electrons. The topological polar surface area (TPSA) is 47.6 Å². The lowest BCUT2D eigenvalue weighted by atomic mass is 10.2. The first-order valence-corrected chi connectivity index (χ1v) is 3.87. The minimum Gasteiger partial charge on any atom is -0.346 e. The van der Waals surface area contributed by atoms with Crippen molar-refractivity contribution in [2.24, 2.45) is 0 Å². The molecule has 4 nitrogen and oxygen atoms in total. The van der Waals surface area contributed by atoms with Gasteiger partial charge in [0.2, 0.25) is 0 Å². The lowest BCUT2D eigenvalue weighted by molar-refractivity contribution is -0.192. The number of carbonyl (C=O) groups excluding carboxylic acids is 1. The van der Waals surface area contributed by atoms with E-state index in [4.69, 9.17) is 4.84 Å². The number of hydrogen-bond acceptors (Lipinski definition) is 4. The Kier molecular flexibility index (Phi) is 3.95. The van der Waals surface area contributed by atoms with Gasteiger partial charge in [-0.15, -0.1) is 0 Å². The summed E-state index contributed by atoms with van der Waals surface area (Å²) in [5, 5.41) is 0. The van der Waals surface area contributed by atoms with Crippen LogP contribution in [0.4, 0.5) is 0 Å². The van der Waals surface area contributed by atoms with Gasteiger partial charge in [0.15, 0.2) is 0 Å². The Hall–Kier alpha value is -1.39. The molecule has 1 N–H and O–H groups in total. The molecule has 0 saturated heterocycles. The van der Waals surface area contributed by atoms with Gasteiger partial charge in [0.25, 0.3) is 0 Å². The van der Waals surface area contributed by atoms with E-state index in [1.54, 1.807) is 0 Å². The van der Waals surface area contributed by atoms with E-state index in [9.17, 15) is 4.79 Å². The molecular weight excluding hydrogens is 170 g/mol. The highest BCUT2D eigenvalue weighted by Crippen LogP contribution is 1.98. The summed E-state index contributed by atoms with van der Waals surface area (Å²) in [7, 11) is 0. The van der Waals surface area contributed by atoms with Gasteiger partial charge in [-0.1, -0.05) is 30.3 Å². The molecule has 0 unspecified atom stereocenters. The van der Waals surface area contributed by atoms with Crippen LogP contribution in [0.5, 0.6) is 0 Å². The van der Waals surface area contributed by atoms with Crippen LogP contribution in [0, 0.1) is 0 Å². The van der Waals surface area contributed by atoms with Crippen molar-refractivity contribution in [3.05, 3.63) is 35.9 Å². The van der Waals surface area contributed by atoms with Gasteiger partial charge >= 0.3 is 5.97 Å². The number of rotatable bonds is 4. The Morgan fingerprint density at radius 2 is 2.08 bits per heavy atom. The van der Waals surface area contributed by atoms with Crippen LogP contribution < -0.4 is 5.64 Å². The second-order valence-electron chi connectivity index (χ2n) is 2.45. The Bertz CT molecular complexity index is 261. The van der Waals surface area contributed by atoms with Crippen LogP contribution in [-0.4, -0.2) is 5.97 Å². The van der Waals surface area contributed by atoms with Gasteiger partial charge < -0.3 is 4.84 Å². The lowest BCUT2D eigenvalue weighted by Gasteiger charge is -2.03. The lowest BCUT2D eigenvalue weighted by Crippen LogP contribution is -2.18. The second-order valence-corrected chi connectivity index (χ2v) is 2.45. The zero-order valence-electron chi connectivity index (χ0n) is 7.32. The summed E-state index contributed by atoms with van der Waals surface area (Å²) in [5.41, 5.74) is 3.09. The van der Waals surface area contributed by atoms with Crippen LogP contribution in [0.2, 0.25) is 0 Å². The summed E-state index contributed by atoms with van der Waals surface area (Å²) >= 11 is 0. The molecule has 13 heavy (non-hydrogen) atoms. The number of nitrogens with one attached hydrogen (secondary N) is 1. The summed E-state index contributed by atoms with van der Waals surface area (Å²) in [4.78, 5) is 19.5. The summed E-state index contributed by atoms with van der Waals surface area (Å²) in [6.45, 7) is 1.65. The fraction of sp³-hybridized carbons (Fsp3) is 0.222. The van der Waals surface area contributed by atoms with E-state index in [1.165, 1.54) is 6.92 Å². The van der Waals surface area contributed by atoms with E-state index in [2.05, 4.69) is 10.5 Å². The third-order valence-electron chi connectivity index (χ3n) is 1.33. The average molecular weight is 181 g/mol. The molecule has 0 heterocycles. The largest absolute Gasteiger partial charge is 0.346 e. The van der Waals surface area contributed by atoms with E-state index >= 15 is 0 Å². The van der Waals surface area contributed by atoms with Gasteiger partial charge in [-0.25, -0.2) is 0 Å². The molecule has 1 aromatic carbocycles. The predicted octanol–water partition coefficient (Wildman–Crippen LogP) is 1.19. The first kappa shape index (κ1) is 9.70. The molecule has 0 aromatic heterocycles. The van der Waals surface area contributed by atoms with Gasteiger partial charge in [0.05, 0.1) is 6.61 Å². The fourth-order valence-electron chi connectivity index (χ4n) is 0.775. The van der Waals surface area contributed by atoms with Crippen molar-refractivity contribution < 1.29 is 14.5 Å². The van der Waals surface area contributed by atoms with Crippen molar-refractivity contribution in [3.8, 4) is 0 Å². The molecule has 0 aliphatic rings. The highest BCUT2D eigenvalue weighted by molar-refractivity contribution is 5.65. The SMILES string of the molecule is CC(=O)ONOCc1ccccc1. The van der Waals surface area contributed by atoms with E-state index in [-0.39, 0.29) is 0 Å². The van der Waals surface area contributed by atoms with E-state index in [0.717, 1.165) is 5.56 Å². The van der Waals surface area contributed by atoms with Gasteiger partial charge in [-0.2, -0.15) is 0 Å². The van der Waals surface area contributed by atoms with Crippen LogP contribution in [0.25, 0.3) is 0 Å². The summed E-state index contributed by atoms with van der Waals surface area (Å²) in [6, 6.07) is 9.56. The molecule has 0 atom stereocenters. The minimum atomic E-state index is -0.437. The molecule has 0 bridgehead atoms. The third kappa shape index (κ3) is 4.25. The maximum absolute atomic E-state index is 10.3. The molecule has 0 amide bonds. The van der Waals surface area contributed by atoms with E-state index < -0.39 is 5.97 Å². The zero-order chi connectivity index (χ0) is 9.52. The van der Waals surface area contributed by atoms with Gasteiger partial charge in [0, 0.05) is 6.92 Å². The monoisotopic (exact) mass is 181 g/mol. The quantitative estimate of drug-likeness (QED) is 0.559. The van der Waals surface area contributed by atoms with Crippen LogP contribution in [-0.2, 0) is 21.1 Å². The van der Waals surface area contributed by atoms with Gasteiger partial charge in [0.1, 0.15) is 0 Å². The molecule has 0 aliphatic heterocycles. The summed E-state index contributed by atoms with van der Waals surface area (Å²) < 4.78 is 0. The second kappa shape index (κ2) is 5.29. The summed E-state index contributed by atoms with van der Waals surface area (Å²) in [6.07, 6.45) is 0. The molecule has 0 radical (unpaired) electrons. The molecule has 1 rings (SSSR count). The maximum atomic E-state index is 10.3. The van der Waals surface area contributed by atoms with Crippen molar-refractivity contribution in [1.29, 1.82) is 0 Å². The average Bonchev–Trinajstić information content (AvgIpc) is 2.14. The van der Waals surface area contributed by atoms with E-state index in [0.29, 0.717) is 6.61 Å². The molecular formula is C9H11NO3. The standard InChI is InChI=1S/C9H11NO3/c1-8(11)13-10-12-7-9-5-3-2-4-6-9/h2-6,10H,7H2,1H3. The first-order valence-electron chi connectivity index (χ1n) is 3.87. The zero-order valence-corrected chi connectivity index (χ0v) is 7.32. The number of carbonyl (C=O) groups is 1. The maximum Gasteiger partial charge on any atom is 0.324 e. The Morgan fingerprint density at radius 3 is 2.69 bits per heavy atom. The van der Waals surface area contributed by atoms with Gasteiger partial charge in [-0.3, -0.25) is 9.63 Å². The van der Waals surface area contributed by atoms with Crippen molar-refractivity contribution >= 4 is 5.97 Å². The van der Waals surface area contributed by atoms with E-state index in [1.807, 2.05) is 30.3 Å². The van der Waals surface area contributed by atoms with Crippen LogP contribution in [0.1, 0.15) is 12.5 Å². The smallest absolute Gasteiger partial charge is 0.324 e. The molecule has 0 spiro atoms. The Balaban J connectivity index is 2.17. The normalized spacial score (nSPS) is 9.62. The highest BCUT2D eigenvalue weighted by Gasteiger charge is 1.93. The number of hydrogen-bond donors (Lipinski definition) is 1. The molecule has 1 aromatic rings. The third-order valence-corrected chi connectivity index (χ3v) is 1.33. The van der Waals surface area contributed by atoms with Crippen molar-refractivity contribution in [2.75, 3.05) is 0 Å².